The fraction of sp³-hybridized carbons (Fsp3) is 0.400. The van der Waals surface area contributed by atoms with E-state index in [0.717, 1.165) is 19.3 Å². The van der Waals surface area contributed by atoms with Crippen LogP contribution in [0.2, 0.25) is 0 Å². The first-order chi connectivity index (χ1) is 6.79. The number of aryl methyl sites for hydroxylation is 1. The van der Waals surface area contributed by atoms with Gasteiger partial charge in [0, 0.05) is 18.9 Å². The summed E-state index contributed by atoms with van der Waals surface area (Å²) in [4.78, 5) is 14.1. The van der Waals surface area contributed by atoms with E-state index in [0.29, 0.717) is 6.54 Å². The molecule has 1 aromatic rings. The fourth-order valence-electron chi connectivity index (χ4n) is 1.20. The highest BCUT2D eigenvalue weighted by Crippen LogP contribution is 2.01. The second kappa shape index (κ2) is 5.96. The minimum atomic E-state index is -0.952. The third-order valence-corrected chi connectivity index (χ3v) is 1.89. The number of nitrogens with zero attached hydrogens (tertiary/aromatic N) is 1. The van der Waals surface area contributed by atoms with Gasteiger partial charge in [-0.3, -0.25) is 4.98 Å². The van der Waals surface area contributed by atoms with Gasteiger partial charge in [-0.25, -0.2) is 4.79 Å². The quantitative estimate of drug-likeness (QED) is 0.701. The van der Waals surface area contributed by atoms with E-state index in [9.17, 15) is 4.79 Å². The molecule has 0 aliphatic heterocycles. The molecular weight excluding hydrogens is 180 g/mol. The van der Waals surface area contributed by atoms with Crippen LogP contribution in [0.4, 0.5) is 4.79 Å². The molecule has 76 valence electrons. The largest absolute Gasteiger partial charge is 0.465 e. The molecule has 0 radical (unpaired) electrons. The molecule has 1 rings (SSSR count). The molecule has 0 bridgehead atoms. The fourth-order valence-corrected chi connectivity index (χ4v) is 1.20. The lowest BCUT2D eigenvalue weighted by molar-refractivity contribution is 0.194. The van der Waals surface area contributed by atoms with Gasteiger partial charge in [0.1, 0.15) is 0 Å². The molecule has 0 aliphatic rings. The number of rotatable bonds is 5. The van der Waals surface area contributed by atoms with Crippen molar-refractivity contribution < 1.29 is 9.90 Å². The van der Waals surface area contributed by atoms with Crippen molar-refractivity contribution in [2.75, 3.05) is 6.54 Å². The lowest BCUT2D eigenvalue weighted by atomic mass is 10.1. The van der Waals surface area contributed by atoms with Crippen LogP contribution in [0.15, 0.2) is 24.5 Å². The molecule has 14 heavy (non-hydrogen) atoms. The monoisotopic (exact) mass is 194 g/mol. The molecule has 0 aromatic carbocycles. The summed E-state index contributed by atoms with van der Waals surface area (Å²) in [6.45, 7) is 0.523. The molecule has 2 N–H and O–H groups in total. The van der Waals surface area contributed by atoms with Gasteiger partial charge >= 0.3 is 6.09 Å². The van der Waals surface area contributed by atoms with Gasteiger partial charge in [-0.2, -0.15) is 0 Å². The minimum Gasteiger partial charge on any atom is -0.465 e. The number of unbranched alkanes of at least 4 members (excludes halogenated alkanes) is 1. The number of carboxylic acid groups (broad SMARTS) is 1. The van der Waals surface area contributed by atoms with E-state index in [4.69, 9.17) is 5.11 Å². The third-order valence-electron chi connectivity index (χ3n) is 1.89. The zero-order valence-electron chi connectivity index (χ0n) is 7.94. The van der Waals surface area contributed by atoms with Crippen LogP contribution in [0.3, 0.4) is 0 Å². The second-order valence-electron chi connectivity index (χ2n) is 3.05. The maximum Gasteiger partial charge on any atom is 0.404 e. The van der Waals surface area contributed by atoms with Gasteiger partial charge in [0.2, 0.25) is 0 Å². The Labute approximate surface area is 83.0 Å². The Morgan fingerprint density at radius 1 is 1.50 bits per heavy atom. The van der Waals surface area contributed by atoms with Gasteiger partial charge in [-0.05, 0) is 30.9 Å². The summed E-state index contributed by atoms with van der Waals surface area (Å²) in [5.41, 5.74) is 1.20. The van der Waals surface area contributed by atoms with Crippen LogP contribution in [0.5, 0.6) is 0 Å². The van der Waals surface area contributed by atoms with Crippen LogP contribution >= 0.6 is 0 Å². The average Bonchev–Trinajstić information content (AvgIpc) is 2.18. The van der Waals surface area contributed by atoms with Crippen molar-refractivity contribution in [2.45, 2.75) is 19.3 Å². The maximum atomic E-state index is 10.1. The molecule has 0 spiro atoms. The van der Waals surface area contributed by atoms with E-state index in [1.54, 1.807) is 6.20 Å². The van der Waals surface area contributed by atoms with Crippen LogP contribution < -0.4 is 5.32 Å². The molecule has 0 unspecified atom stereocenters. The van der Waals surface area contributed by atoms with Crippen molar-refractivity contribution in [3.05, 3.63) is 30.1 Å². The zero-order valence-corrected chi connectivity index (χ0v) is 7.94. The lowest BCUT2D eigenvalue weighted by Gasteiger charge is -2.01. The molecule has 0 saturated heterocycles. The van der Waals surface area contributed by atoms with Crippen molar-refractivity contribution in [1.82, 2.24) is 10.3 Å². The first-order valence-electron chi connectivity index (χ1n) is 4.65. The van der Waals surface area contributed by atoms with Gasteiger partial charge in [-0.15, -0.1) is 0 Å². The number of hydrogen-bond acceptors (Lipinski definition) is 2. The van der Waals surface area contributed by atoms with E-state index in [-0.39, 0.29) is 0 Å². The maximum absolute atomic E-state index is 10.1. The van der Waals surface area contributed by atoms with Crippen molar-refractivity contribution in [3.8, 4) is 0 Å². The molecule has 0 saturated carbocycles. The highest BCUT2D eigenvalue weighted by molar-refractivity contribution is 5.64. The number of hydrogen-bond donors (Lipinski definition) is 2. The number of pyridine rings is 1. The molecule has 1 heterocycles. The summed E-state index contributed by atoms with van der Waals surface area (Å²) in [6.07, 6.45) is 5.42. The second-order valence-corrected chi connectivity index (χ2v) is 3.05. The van der Waals surface area contributed by atoms with Crippen LogP contribution in [0, 0.1) is 0 Å². The lowest BCUT2D eigenvalue weighted by Crippen LogP contribution is -2.21. The summed E-state index contributed by atoms with van der Waals surface area (Å²) in [6, 6.07) is 3.93. The Balaban J connectivity index is 2.08. The first kappa shape index (κ1) is 10.5. The Morgan fingerprint density at radius 2 is 2.36 bits per heavy atom. The Bertz CT molecular complexity index is 275. The molecular formula is C10H14N2O2. The Hall–Kier alpha value is -1.58. The third kappa shape index (κ3) is 4.45. The smallest absolute Gasteiger partial charge is 0.404 e. The predicted octanol–water partition coefficient (Wildman–Crippen LogP) is 1.67. The summed E-state index contributed by atoms with van der Waals surface area (Å²) in [7, 11) is 0. The summed E-state index contributed by atoms with van der Waals surface area (Å²) >= 11 is 0. The van der Waals surface area contributed by atoms with E-state index in [1.165, 1.54) is 5.56 Å². The molecule has 4 heteroatoms. The van der Waals surface area contributed by atoms with Gasteiger partial charge in [0.15, 0.2) is 0 Å². The molecule has 1 amide bonds. The van der Waals surface area contributed by atoms with E-state index >= 15 is 0 Å². The van der Waals surface area contributed by atoms with Gasteiger partial charge in [-0.1, -0.05) is 6.07 Å². The molecule has 0 aliphatic carbocycles. The SMILES string of the molecule is O=C(O)NCCCCc1cccnc1. The summed E-state index contributed by atoms with van der Waals surface area (Å²) in [5, 5.41) is 10.6. The first-order valence-corrected chi connectivity index (χ1v) is 4.65. The normalized spacial score (nSPS) is 9.71. The highest BCUT2D eigenvalue weighted by atomic mass is 16.4. The average molecular weight is 194 g/mol. The molecule has 1 aromatic heterocycles. The van der Waals surface area contributed by atoms with Crippen molar-refractivity contribution in [3.63, 3.8) is 0 Å². The van der Waals surface area contributed by atoms with Gasteiger partial charge in [0.25, 0.3) is 0 Å². The number of aromatic nitrogens is 1. The van der Waals surface area contributed by atoms with Crippen molar-refractivity contribution in [2.24, 2.45) is 0 Å². The Morgan fingerprint density at radius 3 is 3.00 bits per heavy atom. The topological polar surface area (TPSA) is 62.2 Å². The van der Waals surface area contributed by atoms with Crippen LogP contribution in [0.25, 0.3) is 0 Å². The highest BCUT2D eigenvalue weighted by Gasteiger charge is 1.94. The van der Waals surface area contributed by atoms with E-state index in [2.05, 4.69) is 10.3 Å². The predicted molar refractivity (Wildman–Crippen MR) is 53.2 cm³/mol. The summed E-state index contributed by atoms with van der Waals surface area (Å²) in [5.74, 6) is 0. The molecule has 4 nitrogen and oxygen atoms in total. The summed E-state index contributed by atoms with van der Waals surface area (Å²) < 4.78 is 0. The van der Waals surface area contributed by atoms with E-state index < -0.39 is 6.09 Å². The van der Waals surface area contributed by atoms with Crippen LogP contribution in [-0.4, -0.2) is 22.7 Å². The zero-order chi connectivity index (χ0) is 10.2. The standard InChI is InChI=1S/C10H14N2O2/c13-10(14)12-7-2-1-4-9-5-3-6-11-8-9/h3,5-6,8,12H,1-2,4,7H2,(H,13,14). The van der Waals surface area contributed by atoms with Crippen LogP contribution in [0.1, 0.15) is 18.4 Å². The molecule has 0 atom stereocenters. The minimum absolute atomic E-state index is 0.523. The van der Waals surface area contributed by atoms with Crippen molar-refractivity contribution in [1.29, 1.82) is 0 Å². The number of nitrogens with one attached hydrogen (secondary N) is 1. The Kier molecular flexibility index (Phi) is 4.47. The van der Waals surface area contributed by atoms with E-state index in [1.807, 2.05) is 18.3 Å². The number of carbonyl (C=O) groups is 1. The van der Waals surface area contributed by atoms with Gasteiger partial charge in [0.05, 0.1) is 0 Å². The van der Waals surface area contributed by atoms with Crippen LogP contribution in [-0.2, 0) is 6.42 Å². The van der Waals surface area contributed by atoms with Gasteiger partial charge < -0.3 is 10.4 Å². The number of amides is 1. The van der Waals surface area contributed by atoms with Crippen molar-refractivity contribution >= 4 is 6.09 Å². The molecule has 0 fully saturated rings.